The Kier molecular flexibility index (Phi) is 9.06. The van der Waals surface area contributed by atoms with E-state index in [1.54, 1.807) is 20.8 Å². The summed E-state index contributed by atoms with van der Waals surface area (Å²) in [6.45, 7) is 9.45. The molecule has 5 nitrogen and oxygen atoms in total. The van der Waals surface area contributed by atoms with Gasteiger partial charge in [-0.2, -0.15) is 0 Å². The Balaban J connectivity index is 4.80. The molecule has 0 aromatic heterocycles. The fraction of sp³-hybridized carbons (Fsp3) is 0.875. The van der Waals surface area contributed by atoms with Crippen LogP contribution in [0.4, 0.5) is 4.79 Å². The largest absolute Gasteiger partial charge is 0.481 e. The monoisotopic (exact) mass is 301 g/mol. The van der Waals surface area contributed by atoms with Gasteiger partial charge in [-0.15, -0.1) is 0 Å². The minimum Gasteiger partial charge on any atom is -0.481 e. The van der Waals surface area contributed by atoms with Gasteiger partial charge in [0.1, 0.15) is 5.60 Å². The molecule has 0 spiro atoms. The summed E-state index contributed by atoms with van der Waals surface area (Å²) in [5.74, 6) is -1.40. The first-order valence-electron chi connectivity index (χ1n) is 7.93. The summed E-state index contributed by atoms with van der Waals surface area (Å²) in [6, 6.07) is -0.371. The predicted octanol–water partition coefficient (Wildman–Crippen LogP) is 3.96. The van der Waals surface area contributed by atoms with E-state index in [9.17, 15) is 14.7 Å². The van der Waals surface area contributed by atoms with E-state index in [-0.39, 0.29) is 6.04 Å². The zero-order valence-electron chi connectivity index (χ0n) is 14.1. The molecule has 0 radical (unpaired) electrons. The van der Waals surface area contributed by atoms with E-state index in [1.807, 2.05) is 13.8 Å². The van der Waals surface area contributed by atoms with Crippen LogP contribution in [-0.2, 0) is 9.53 Å². The van der Waals surface area contributed by atoms with E-state index < -0.39 is 23.6 Å². The summed E-state index contributed by atoms with van der Waals surface area (Å²) >= 11 is 0. The first kappa shape index (κ1) is 19.7. The molecule has 0 aliphatic heterocycles. The third kappa shape index (κ3) is 9.32. The molecule has 0 bridgehead atoms. The summed E-state index contributed by atoms with van der Waals surface area (Å²) < 4.78 is 5.24. The van der Waals surface area contributed by atoms with Crippen molar-refractivity contribution in [2.45, 2.75) is 84.8 Å². The zero-order valence-corrected chi connectivity index (χ0v) is 14.1. The second-order valence-corrected chi connectivity index (χ2v) is 6.48. The summed E-state index contributed by atoms with van der Waals surface area (Å²) in [5.41, 5.74) is -0.582. The molecule has 0 rings (SSSR count). The van der Waals surface area contributed by atoms with Gasteiger partial charge in [-0.3, -0.25) is 4.79 Å². The van der Waals surface area contributed by atoms with E-state index in [0.717, 1.165) is 25.7 Å². The Labute approximate surface area is 128 Å². The van der Waals surface area contributed by atoms with Gasteiger partial charge in [-0.1, -0.05) is 39.5 Å². The highest BCUT2D eigenvalue weighted by Gasteiger charge is 2.30. The van der Waals surface area contributed by atoms with Crippen molar-refractivity contribution >= 4 is 12.1 Å². The molecule has 2 atom stereocenters. The number of alkyl carbamates (subject to hydrolysis) is 1. The Morgan fingerprint density at radius 2 is 1.62 bits per heavy atom. The van der Waals surface area contributed by atoms with Crippen LogP contribution >= 0.6 is 0 Å². The lowest BCUT2D eigenvalue weighted by Gasteiger charge is -2.27. The van der Waals surface area contributed by atoms with Crippen LogP contribution in [0.15, 0.2) is 0 Å². The number of rotatable bonds is 9. The molecule has 5 heteroatoms. The number of unbranched alkanes of at least 4 members (excludes halogenated alkanes) is 2. The Hall–Kier alpha value is -1.26. The second-order valence-electron chi connectivity index (χ2n) is 6.48. The van der Waals surface area contributed by atoms with Gasteiger partial charge < -0.3 is 15.2 Å². The third-order valence-electron chi connectivity index (χ3n) is 3.24. The maximum Gasteiger partial charge on any atom is 0.407 e. The second kappa shape index (κ2) is 9.64. The standard InChI is InChI=1S/C16H31NO4/c1-6-8-10-12(14(18)19)13(11-9-7-2)17-15(20)21-16(3,4)5/h12-13H,6-11H2,1-5H3,(H,17,20)(H,18,19)/t12-,13+/m1/s1. The van der Waals surface area contributed by atoms with Crippen molar-refractivity contribution in [1.82, 2.24) is 5.32 Å². The highest BCUT2D eigenvalue weighted by atomic mass is 16.6. The lowest BCUT2D eigenvalue weighted by atomic mass is 9.90. The third-order valence-corrected chi connectivity index (χ3v) is 3.24. The van der Waals surface area contributed by atoms with E-state index in [4.69, 9.17) is 4.74 Å². The van der Waals surface area contributed by atoms with Crippen LogP contribution in [0.1, 0.15) is 73.1 Å². The fourth-order valence-electron chi connectivity index (χ4n) is 2.18. The van der Waals surface area contributed by atoms with Crippen molar-refractivity contribution < 1.29 is 19.4 Å². The number of amides is 1. The number of carbonyl (C=O) groups excluding carboxylic acids is 1. The molecular formula is C16H31NO4. The molecule has 124 valence electrons. The number of carbonyl (C=O) groups is 2. The fourth-order valence-corrected chi connectivity index (χ4v) is 2.18. The molecule has 21 heavy (non-hydrogen) atoms. The summed E-state index contributed by atoms with van der Waals surface area (Å²) in [4.78, 5) is 23.4. The van der Waals surface area contributed by atoms with E-state index in [0.29, 0.717) is 12.8 Å². The van der Waals surface area contributed by atoms with Gasteiger partial charge in [0, 0.05) is 6.04 Å². The van der Waals surface area contributed by atoms with Gasteiger partial charge >= 0.3 is 12.1 Å². The first-order chi connectivity index (χ1) is 9.71. The van der Waals surface area contributed by atoms with Gasteiger partial charge in [0.15, 0.2) is 0 Å². The molecular weight excluding hydrogens is 270 g/mol. The minimum absolute atomic E-state index is 0.371. The normalized spacial score (nSPS) is 14.3. The van der Waals surface area contributed by atoms with Crippen molar-refractivity contribution in [3.8, 4) is 0 Å². The molecule has 0 aromatic carbocycles. The lowest BCUT2D eigenvalue weighted by molar-refractivity contribution is -0.143. The summed E-state index contributed by atoms with van der Waals surface area (Å²) in [5, 5.41) is 12.2. The lowest BCUT2D eigenvalue weighted by Crippen LogP contribution is -2.45. The maximum absolute atomic E-state index is 11.9. The SMILES string of the molecule is CCCC[C@H](NC(=O)OC(C)(C)C)[C@@H](CCCC)C(=O)O. The van der Waals surface area contributed by atoms with Crippen LogP contribution in [0.3, 0.4) is 0 Å². The molecule has 1 amide bonds. The van der Waals surface area contributed by atoms with Crippen molar-refractivity contribution in [3.05, 3.63) is 0 Å². The van der Waals surface area contributed by atoms with Crippen molar-refractivity contribution in [3.63, 3.8) is 0 Å². The van der Waals surface area contributed by atoms with Crippen LogP contribution in [0, 0.1) is 5.92 Å². The van der Waals surface area contributed by atoms with Gasteiger partial charge in [0.05, 0.1) is 5.92 Å². The van der Waals surface area contributed by atoms with Crippen LogP contribution < -0.4 is 5.32 Å². The van der Waals surface area contributed by atoms with Crippen molar-refractivity contribution in [2.24, 2.45) is 5.92 Å². The molecule has 0 saturated heterocycles. The quantitative estimate of drug-likeness (QED) is 0.676. The van der Waals surface area contributed by atoms with E-state index in [2.05, 4.69) is 5.32 Å². The predicted molar refractivity (Wildman–Crippen MR) is 83.3 cm³/mol. The number of nitrogens with one attached hydrogen (secondary N) is 1. The van der Waals surface area contributed by atoms with E-state index >= 15 is 0 Å². The number of hydrogen-bond acceptors (Lipinski definition) is 3. The number of hydrogen-bond donors (Lipinski definition) is 2. The average Bonchev–Trinajstić information content (AvgIpc) is 2.33. The smallest absolute Gasteiger partial charge is 0.407 e. The molecule has 2 N–H and O–H groups in total. The van der Waals surface area contributed by atoms with Crippen LogP contribution in [0.5, 0.6) is 0 Å². The summed E-state index contributed by atoms with van der Waals surface area (Å²) in [6.07, 6.45) is 4.34. The molecule has 0 heterocycles. The highest BCUT2D eigenvalue weighted by molar-refractivity contribution is 5.73. The number of ether oxygens (including phenoxy) is 1. The molecule has 0 aliphatic rings. The van der Waals surface area contributed by atoms with Crippen molar-refractivity contribution in [1.29, 1.82) is 0 Å². The van der Waals surface area contributed by atoms with Crippen molar-refractivity contribution in [2.75, 3.05) is 0 Å². The molecule has 0 fully saturated rings. The number of aliphatic carboxylic acids is 1. The van der Waals surface area contributed by atoms with Gasteiger partial charge in [0.2, 0.25) is 0 Å². The molecule has 0 aliphatic carbocycles. The van der Waals surface area contributed by atoms with Crippen LogP contribution in [-0.4, -0.2) is 28.8 Å². The molecule has 0 aromatic rings. The highest BCUT2D eigenvalue weighted by Crippen LogP contribution is 2.19. The summed E-state index contributed by atoms with van der Waals surface area (Å²) in [7, 11) is 0. The Morgan fingerprint density at radius 1 is 1.10 bits per heavy atom. The van der Waals surface area contributed by atoms with Gasteiger partial charge in [-0.05, 0) is 33.6 Å². The van der Waals surface area contributed by atoms with Crippen LogP contribution in [0.25, 0.3) is 0 Å². The Morgan fingerprint density at radius 3 is 2.05 bits per heavy atom. The topological polar surface area (TPSA) is 75.6 Å². The maximum atomic E-state index is 11.9. The minimum atomic E-state index is -0.847. The molecule has 0 unspecified atom stereocenters. The van der Waals surface area contributed by atoms with Crippen LogP contribution in [0.2, 0.25) is 0 Å². The zero-order chi connectivity index (χ0) is 16.5. The van der Waals surface area contributed by atoms with E-state index in [1.165, 1.54) is 0 Å². The average molecular weight is 301 g/mol. The number of carboxylic acid groups (broad SMARTS) is 1. The van der Waals surface area contributed by atoms with Gasteiger partial charge in [0.25, 0.3) is 0 Å². The molecule has 0 saturated carbocycles. The Bertz CT molecular complexity index is 323. The van der Waals surface area contributed by atoms with Gasteiger partial charge in [-0.25, -0.2) is 4.79 Å². The number of carboxylic acids is 1. The first-order valence-corrected chi connectivity index (χ1v) is 7.93.